The molecule has 0 bridgehead atoms. The Kier molecular flexibility index (Phi) is 3.75. The summed E-state index contributed by atoms with van der Waals surface area (Å²) in [6.07, 6.45) is 0. The maximum Gasteiger partial charge on any atom is 0.257 e. The SMILES string of the molecule is CN1CCn2c(nc3cc(NC(=O)c4ccccc4Cl)ccc32)C1. The summed E-state index contributed by atoms with van der Waals surface area (Å²) in [5.41, 5.74) is 3.19. The smallest absolute Gasteiger partial charge is 0.257 e. The molecular formula is C18H17ClN4O. The summed E-state index contributed by atoms with van der Waals surface area (Å²) in [4.78, 5) is 19.3. The van der Waals surface area contributed by atoms with E-state index in [0.29, 0.717) is 10.6 Å². The Morgan fingerprint density at radius 2 is 2.04 bits per heavy atom. The lowest BCUT2D eigenvalue weighted by Crippen LogP contribution is -2.30. The third-order valence-electron chi connectivity index (χ3n) is 4.32. The van der Waals surface area contributed by atoms with Gasteiger partial charge in [0.25, 0.3) is 5.91 Å². The minimum absolute atomic E-state index is 0.219. The first-order valence-corrected chi connectivity index (χ1v) is 8.23. The quantitative estimate of drug-likeness (QED) is 0.778. The second-order valence-electron chi connectivity index (χ2n) is 6.05. The molecule has 0 spiro atoms. The molecule has 0 saturated heterocycles. The van der Waals surface area contributed by atoms with Crippen LogP contribution >= 0.6 is 11.6 Å². The van der Waals surface area contributed by atoms with Gasteiger partial charge in [-0.25, -0.2) is 4.98 Å². The predicted octanol–water partition coefficient (Wildman–Crippen LogP) is 3.39. The molecule has 0 radical (unpaired) electrons. The van der Waals surface area contributed by atoms with Gasteiger partial charge in [0.2, 0.25) is 0 Å². The first-order chi connectivity index (χ1) is 11.6. The molecule has 0 unspecified atom stereocenters. The number of benzene rings is 2. The van der Waals surface area contributed by atoms with Crippen molar-refractivity contribution in [3.05, 3.63) is 58.9 Å². The van der Waals surface area contributed by atoms with Crippen molar-refractivity contribution in [3.63, 3.8) is 0 Å². The molecule has 5 nitrogen and oxygen atoms in total. The Morgan fingerprint density at radius 1 is 1.21 bits per heavy atom. The molecule has 0 atom stereocenters. The number of likely N-dealkylation sites (N-methyl/N-ethyl adjacent to an activating group) is 1. The van der Waals surface area contributed by atoms with Crippen LogP contribution in [0.2, 0.25) is 5.02 Å². The molecule has 6 heteroatoms. The standard InChI is InChI=1S/C18H17ClN4O/c1-22-8-9-23-16-7-6-12(10-15(16)21-17(23)11-22)20-18(24)13-4-2-3-5-14(13)19/h2-7,10H,8-9,11H2,1H3,(H,20,24). The Bertz CT molecular complexity index is 934. The van der Waals surface area contributed by atoms with E-state index in [1.807, 2.05) is 18.2 Å². The fourth-order valence-corrected chi connectivity index (χ4v) is 3.28. The molecule has 1 N–H and O–H groups in total. The molecule has 0 saturated carbocycles. The van der Waals surface area contributed by atoms with E-state index in [-0.39, 0.29) is 5.91 Å². The highest BCUT2D eigenvalue weighted by Crippen LogP contribution is 2.24. The van der Waals surface area contributed by atoms with Crippen LogP contribution in [0.4, 0.5) is 5.69 Å². The lowest BCUT2D eigenvalue weighted by atomic mass is 10.2. The summed E-state index contributed by atoms with van der Waals surface area (Å²) >= 11 is 6.08. The van der Waals surface area contributed by atoms with Crippen LogP contribution in [0.1, 0.15) is 16.2 Å². The first-order valence-electron chi connectivity index (χ1n) is 7.85. The average Bonchev–Trinajstić information content (AvgIpc) is 2.91. The van der Waals surface area contributed by atoms with Crippen molar-refractivity contribution >= 4 is 34.2 Å². The van der Waals surface area contributed by atoms with Gasteiger partial charge in [0, 0.05) is 18.8 Å². The number of amides is 1. The molecule has 0 aliphatic carbocycles. The zero-order valence-electron chi connectivity index (χ0n) is 13.3. The van der Waals surface area contributed by atoms with Gasteiger partial charge in [0.15, 0.2) is 0 Å². The number of rotatable bonds is 2. The van der Waals surface area contributed by atoms with Gasteiger partial charge >= 0.3 is 0 Å². The lowest BCUT2D eigenvalue weighted by Gasteiger charge is -2.23. The van der Waals surface area contributed by atoms with E-state index < -0.39 is 0 Å². The Labute approximate surface area is 144 Å². The fraction of sp³-hybridized carbons (Fsp3) is 0.222. The minimum Gasteiger partial charge on any atom is -0.326 e. The van der Waals surface area contributed by atoms with Crippen molar-refractivity contribution in [3.8, 4) is 0 Å². The van der Waals surface area contributed by atoms with E-state index in [1.54, 1.807) is 24.3 Å². The van der Waals surface area contributed by atoms with Crippen molar-refractivity contribution in [1.29, 1.82) is 0 Å². The van der Waals surface area contributed by atoms with Crippen LogP contribution in [0.5, 0.6) is 0 Å². The summed E-state index contributed by atoms with van der Waals surface area (Å²) in [6, 6.07) is 12.8. The molecule has 2 heterocycles. The minimum atomic E-state index is -0.219. The van der Waals surface area contributed by atoms with Crippen LogP contribution in [0.3, 0.4) is 0 Å². The number of carbonyl (C=O) groups excluding carboxylic acids is 1. The summed E-state index contributed by atoms with van der Waals surface area (Å²) in [5.74, 6) is 0.844. The van der Waals surface area contributed by atoms with Gasteiger partial charge in [-0.2, -0.15) is 0 Å². The van der Waals surface area contributed by atoms with Crippen LogP contribution in [0.25, 0.3) is 11.0 Å². The van der Waals surface area contributed by atoms with Crippen LogP contribution in [-0.2, 0) is 13.1 Å². The summed E-state index contributed by atoms with van der Waals surface area (Å²) < 4.78 is 2.25. The number of fused-ring (bicyclic) bond motifs is 3. The van der Waals surface area contributed by atoms with Crippen LogP contribution in [0.15, 0.2) is 42.5 Å². The van der Waals surface area contributed by atoms with Crippen LogP contribution in [0, 0.1) is 0 Å². The number of hydrogen-bond donors (Lipinski definition) is 1. The highest BCUT2D eigenvalue weighted by molar-refractivity contribution is 6.34. The summed E-state index contributed by atoms with van der Waals surface area (Å²) in [6.45, 7) is 2.80. The van der Waals surface area contributed by atoms with E-state index in [1.165, 1.54) is 0 Å². The number of nitrogens with zero attached hydrogens (tertiary/aromatic N) is 3. The van der Waals surface area contributed by atoms with Crippen molar-refractivity contribution in [1.82, 2.24) is 14.5 Å². The number of anilines is 1. The van der Waals surface area contributed by atoms with Gasteiger partial charge in [-0.15, -0.1) is 0 Å². The molecule has 1 aromatic heterocycles. The number of hydrogen-bond acceptors (Lipinski definition) is 3. The van der Waals surface area contributed by atoms with Crippen LogP contribution < -0.4 is 5.32 Å². The number of nitrogens with one attached hydrogen (secondary N) is 1. The first kappa shape index (κ1) is 15.2. The van der Waals surface area contributed by atoms with Crippen molar-refractivity contribution in [2.24, 2.45) is 0 Å². The Hall–Kier alpha value is -2.37. The Morgan fingerprint density at radius 3 is 2.88 bits per heavy atom. The maximum atomic E-state index is 12.4. The predicted molar refractivity (Wildman–Crippen MR) is 95.5 cm³/mol. The largest absolute Gasteiger partial charge is 0.326 e. The van der Waals surface area contributed by atoms with E-state index in [9.17, 15) is 4.79 Å². The third-order valence-corrected chi connectivity index (χ3v) is 4.65. The monoisotopic (exact) mass is 340 g/mol. The van der Waals surface area contributed by atoms with Gasteiger partial charge in [0.1, 0.15) is 5.82 Å². The number of carbonyl (C=O) groups is 1. The van der Waals surface area contributed by atoms with Gasteiger partial charge in [-0.3, -0.25) is 9.69 Å². The third kappa shape index (κ3) is 2.66. The van der Waals surface area contributed by atoms with Crippen LogP contribution in [-0.4, -0.2) is 34.0 Å². The van der Waals surface area contributed by atoms with Crippen molar-refractivity contribution in [2.75, 3.05) is 18.9 Å². The fourth-order valence-electron chi connectivity index (χ4n) is 3.06. The van der Waals surface area contributed by atoms with E-state index in [4.69, 9.17) is 16.6 Å². The van der Waals surface area contributed by atoms with E-state index in [2.05, 4.69) is 21.8 Å². The molecule has 2 aromatic carbocycles. The van der Waals surface area contributed by atoms with Crippen molar-refractivity contribution in [2.45, 2.75) is 13.1 Å². The molecule has 4 rings (SSSR count). The topological polar surface area (TPSA) is 50.2 Å². The number of aromatic nitrogens is 2. The number of halogens is 1. The maximum absolute atomic E-state index is 12.4. The van der Waals surface area contributed by atoms with E-state index in [0.717, 1.165) is 42.2 Å². The summed E-state index contributed by atoms with van der Waals surface area (Å²) in [5, 5.41) is 3.34. The molecule has 1 aliphatic rings. The van der Waals surface area contributed by atoms with Gasteiger partial charge < -0.3 is 9.88 Å². The summed E-state index contributed by atoms with van der Waals surface area (Å²) in [7, 11) is 2.10. The molecule has 1 aliphatic heterocycles. The zero-order valence-corrected chi connectivity index (χ0v) is 14.0. The molecule has 122 valence electrons. The lowest BCUT2D eigenvalue weighted by molar-refractivity contribution is 0.102. The van der Waals surface area contributed by atoms with Gasteiger partial charge in [0.05, 0.1) is 28.2 Å². The highest BCUT2D eigenvalue weighted by Gasteiger charge is 2.18. The van der Waals surface area contributed by atoms with Crippen molar-refractivity contribution < 1.29 is 4.79 Å². The van der Waals surface area contributed by atoms with Gasteiger partial charge in [-0.1, -0.05) is 23.7 Å². The highest BCUT2D eigenvalue weighted by atomic mass is 35.5. The van der Waals surface area contributed by atoms with Gasteiger partial charge in [-0.05, 0) is 37.4 Å². The average molecular weight is 341 g/mol. The molecule has 3 aromatic rings. The molecular weight excluding hydrogens is 324 g/mol. The second-order valence-corrected chi connectivity index (χ2v) is 6.46. The second kappa shape index (κ2) is 5.92. The Balaban J connectivity index is 1.64. The molecule has 24 heavy (non-hydrogen) atoms. The van der Waals surface area contributed by atoms with E-state index >= 15 is 0 Å². The molecule has 1 amide bonds. The normalized spacial score (nSPS) is 14.6. The number of imidazole rings is 1. The zero-order chi connectivity index (χ0) is 16.7. The molecule has 0 fully saturated rings.